The van der Waals surface area contributed by atoms with Crippen LogP contribution in [0.2, 0.25) is 0 Å². The van der Waals surface area contributed by atoms with Crippen LogP contribution in [0.25, 0.3) is 28.0 Å². The van der Waals surface area contributed by atoms with Gasteiger partial charge >= 0.3 is 0 Å². The number of benzene rings is 2. The zero-order valence-corrected chi connectivity index (χ0v) is 14.8. The van der Waals surface area contributed by atoms with E-state index in [1.54, 1.807) is 12.1 Å². The number of H-pyrrole nitrogens is 1. The normalized spacial score (nSPS) is 11.2. The molecule has 0 fully saturated rings. The van der Waals surface area contributed by atoms with Crippen LogP contribution in [0.3, 0.4) is 0 Å². The minimum atomic E-state index is -0.324. The van der Waals surface area contributed by atoms with E-state index in [-0.39, 0.29) is 11.4 Å². The summed E-state index contributed by atoms with van der Waals surface area (Å²) in [7, 11) is 0. The molecule has 4 nitrogen and oxygen atoms in total. The number of halogens is 2. The van der Waals surface area contributed by atoms with E-state index in [0.717, 1.165) is 21.3 Å². The number of rotatable bonds is 2. The Kier molecular flexibility index (Phi) is 3.77. The fraction of sp³-hybridized carbons (Fsp3) is 0.0526. The predicted molar refractivity (Wildman–Crippen MR) is 99.1 cm³/mol. The van der Waals surface area contributed by atoms with Gasteiger partial charge in [0.1, 0.15) is 5.82 Å². The summed E-state index contributed by atoms with van der Waals surface area (Å²) in [6.07, 6.45) is 0. The summed E-state index contributed by atoms with van der Waals surface area (Å²) in [6, 6.07) is 15.2. The van der Waals surface area contributed by atoms with Crippen LogP contribution >= 0.6 is 15.9 Å². The molecule has 0 unspecified atom stereocenters. The van der Waals surface area contributed by atoms with Gasteiger partial charge in [-0.2, -0.15) is 0 Å². The topological polar surface area (TPSA) is 50.2 Å². The van der Waals surface area contributed by atoms with Crippen LogP contribution < -0.4 is 5.56 Å². The van der Waals surface area contributed by atoms with E-state index in [9.17, 15) is 9.18 Å². The van der Waals surface area contributed by atoms with Gasteiger partial charge in [0.25, 0.3) is 5.56 Å². The van der Waals surface area contributed by atoms with Gasteiger partial charge in [-0.25, -0.2) is 13.9 Å². The maximum Gasteiger partial charge on any atom is 0.273 e. The Morgan fingerprint density at radius 1 is 1.04 bits per heavy atom. The van der Waals surface area contributed by atoms with E-state index in [0.29, 0.717) is 16.9 Å². The molecule has 0 bridgehead atoms. The lowest BCUT2D eigenvalue weighted by Crippen LogP contribution is -2.14. The average molecular weight is 398 g/mol. The Morgan fingerprint density at radius 2 is 1.68 bits per heavy atom. The highest BCUT2D eigenvalue weighted by molar-refractivity contribution is 9.10. The van der Waals surface area contributed by atoms with E-state index < -0.39 is 0 Å². The summed E-state index contributed by atoms with van der Waals surface area (Å²) in [6.45, 7) is 1.91. The van der Waals surface area contributed by atoms with Crippen molar-refractivity contribution in [2.75, 3.05) is 0 Å². The smallest absolute Gasteiger partial charge is 0.273 e. The van der Waals surface area contributed by atoms with Crippen LogP contribution in [0.4, 0.5) is 4.39 Å². The van der Waals surface area contributed by atoms with Crippen molar-refractivity contribution in [1.29, 1.82) is 0 Å². The maximum absolute atomic E-state index is 13.2. The lowest BCUT2D eigenvalue weighted by Gasteiger charge is -2.04. The van der Waals surface area contributed by atoms with Gasteiger partial charge in [0.15, 0.2) is 5.65 Å². The molecule has 2 heterocycles. The van der Waals surface area contributed by atoms with Gasteiger partial charge in [0.2, 0.25) is 0 Å². The summed E-state index contributed by atoms with van der Waals surface area (Å²) < 4.78 is 15.6. The van der Waals surface area contributed by atoms with E-state index in [2.05, 4.69) is 26.0 Å². The first-order chi connectivity index (χ1) is 12.0. The first-order valence-electron chi connectivity index (χ1n) is 7.67. The monoisotopic (exact) mass is 397 g/mol. The highest BCUT2D eigenvalue weighted by atomic mass is 79.9. The molecule has 1 N–H and O–H groups in total. The third-order valence-corrected chi connectivity index (χ3v) is 4.60. The van der Waals surface area contributed by atoms with Gasteiger partial charge in [-0.05, 0) is 48.9 Å². The zero-order valence-electron chi connectivity index (χ0n) is 13.3. The Hall–Kier alpha value is -2.73. The van der Waals surface area contributed by atoms with Crippen LogP contribution in [-0.4, -0.2) is 14.6 Å². The largest absolute Gasteiger partial charge is 0.293 e. The molecular formula is C19H13BrFN3O. The molecule has 4 aromatic rings. The van der Waals surface area contributed by atoms with Crippen molar-refractivity contribution in [2.24, 2.45) is 0 Å². The second-order valence-corrected chi connectivity index (χ2v) is 6.68. The number of nitrogens with one attached hydrogen (secondary N) is 1. The molecule has 0 radical (unpaired) electrons. The summed E-state index contributed by atoms with van der Waals surface area (Å²) in [4.78, 5) is 17.2. The minimum Gasteiger partial charge on any atom is -0.293 e. The predicted octanol–water partition coefficient (Wildman–Crippen LogP) is 4.57. The molecule has 0 amide bonds. The molecule has 2 aromatic carbocycles. The summed E-state index contributed by atoms with van der Waals surface area (Å²) in [5, 5.41) is 3.07. The number of aryl methyl sites for hydroxylation is 1. The minimum absolute atomic E-state index is 0.212. The summed E-state index contributed by atoms with van der Waals surface area (Å²) in [5.74, 6) is -0.324. The van der Waals surface area contributed by atoms with Crippen LogP contribution in [-0.2, 0) is 0 Å². The fourth-order valence-electron chi connectivity index (χ4n) is 2.88. The fourth-order valence-corrected chi connectivity index (χ4v) is 3.14. The molecule has 0 spiro atoms. The van der Waals surface area contributed by atoms with E-state index in [4.69, 9.17) is 0 Å². The third-order valence-electron chi connectivity index (χ3n) is 4.07. The van der Waals surface area contributed by atoms with Gasteiger partial charge in [-0.3, -0.25) is 9.89 Å². The Balaban J connectivity index is 1.98. The van der Waals surface area contributed by atoms with Gasteiger partial charge in [0, 0.05) is 27.4 Å². The molecular weight excluding hydrogens is 385 g/mol. The van der Waals surface area contributed by atoms with E-state index in [1.165, 1.54) is 22.7 Å². The van der Waals surface area contributed by atoms with Crippen LogP contribution in [0.15, 0.2) is 63.9 Å². The van der Waals surface area contributed by atoms with Crippen LogP contribution in [0.5, 0.6) is 0 Å². The van der Waals surface area contributed by atoms with Crippen molar-refractivity contribution in [2.45, 2.75) is 6.92 Å². The van der Waals surface area contributed by atoms with Crippen LogP contribution in [0.1, 0.15) is 5.69 Å². The number of nitrogens with zero attached hydrogens (tertiary/aromatic N) is 2. The molecule has 124 valence electrons. The number of hydrogen-bond donors (Lipinski definition) is 1. The molecule has 0 atom stereocenters. The molecule has 0 aliphatic carbocycles. The number of fused-ring (bicyclic) bond motifs is 1. The highest BCUT2D eigenvalue weighted by Crippen LogP contribution is 2.29. The highest BCUT2D eigenvalue weighted by Gasteiger charge is 2.15. The van der Waals surface area contributed by atoms with Crippen molar-refractivity contribution in [1.82, 2.24) is 14.6 Å². The number of aromatic nitrogens is 3. The van der Waals surface area contributed by atoms with Crippen molar-refractivity contribution in [3.8, 4) is 22.4 Å². The van der Waals surface area contributed by atoms with E-state index in [1.807, 2.05) is 31.2 Å². The van der Waals surface area contributed by atoms with Crippen molar-refractivity contribution >= 4 is 21.6 Å². The molecule has 25 heavy (non-hydrogen) atoms. The SMILES string of the molecule is Cc1[nH]n2c(=O)cc(-c3ccc(F)cc3)nc2c1-c1ccc(Br)cc1. The third kappa shape index (κ3) is 2.78. The Bertz CT molecular complexity index is 1130. The second-order valence-electron chi connectivity index (χ2n) is 5.76. The van der Waals surface area contributed by atoms with Gasteiger partial charge < -0.3 is 0 Å². The molecule has 2 aromatic heterocycles. The summed E-state index contributed by atoms with van der Waals surface area (Å²) >= 11 is 3.43. The molecule has 6 heteroatoms. The molecule has 0 saturated carbocycles. The quantitative estimate of drug-likeness (QED) is 0.538. The standard InChI is InChI=1S/C19H13BrFN3O/c1-11-18(13-2-6-14(20)7-3-13)19-22-16(10-17(25)24(19)23-11)12-4-8-15(21)9-5-12/h2-10,23H,1H3. The van der Waals surface area contributed by atoms with Gasteiger partial charge in [-0.1, -0.05) is 28.1 Å². The molecule has 0 aliphatic rings. The summed E-state index contributed by atoms with van der Waals surface area (Å²) in [5.41, 5.74) is 4.23. The Labute approximate surface area is 151 Å². The first kappa shape index (κ1) is 15.8. The lowest BCUT2D eigenvalue weighted by molar-refractivity contribution is 0.628. The zero-order chi connectivity index (χ0) is 17.6. The Morgan fingerprint density at radius 3 is 2.36 bits per heavy atom. The lowest BCUT2D eigenvalue weighted by atomic mass is 10.1. The number of hydrogen-bond acceptors (Lipinski definition) is 2. The van der Waals surface area contributed by atoms with Crippen molar-refractivity contribution < 1.29 is 4.39 Å². The molecule has 4 rings (SSSR count). The van der Waals surface area contributed by atoms with Crippen molar-refractivity contribution in [3.63, 3.8) is 0 Å². The molecule has 0 saturated heterocycles. The maximum atomic E-state index is 13.2. The first-order valence-corrected chi connectivity index (χ1v) is 8.46. The average Bonchev–Trinajstić information content (AvgIpc) is 2.93. The number of aromatic amines is 1. The van der Waals surface area contributed by atoms with Gasteiger partial charge in [-0.15, -0.1) is 0 Å². The van der Waals surface area contributed by atoms with E-state index >= 15 is 0 Å². The second kappa shape index (κ2) is 5.97. The van der Waals surface area contributed by atoms with Crippen molar-refractivity contribution in [3.05, 3.63) is 80.9 Å². The van der Waals surface area contributed by atoms with Crippen LogP contribution in [0, 0.1) is 12.7 Å². The molecule has 0 aliphatic heterocycles. The van der Waals surface area contributed by atoms with Gasteiger partial charge in [0.05, 0.1) is 5.69 Å².